The number of aliphatic hydroxyl groups is 1. The van der Waals surface area contributed by atoms with Crippen LogP contribution < -0.4 is 10.6 Å². The number of ether oxygens (including phenoxy) is 2. The van der Waals surface area contributed by atoms with Crippen LogP contribution in [0.4, 0.5) is 4.79 Å². The van der Waals surface area contributed by atoms with Crippen molar-refractivity contribution in [1.29, 1.82) is 0 Å². The van der Waals surface area contributed by atoms with Crippen molar-refractivity contribution in [3.05, 3.63) is 29.8 Å². The van der Waals surface area contributed by atoms with Gasteiger partial charge in [0.15, 0.2) is 0 Å². The van der Waals surface area contributed by atoms with Crippen LogP contribution in [0.3, 0.4) is 0 Å². The summed E-state index contributed by atoms with van der Waals surface area (Å²) in [6.07, 6.45) is -0.881. The number of aliphatic hydroxyl groups excluding tert-OH is 1. The molecule has 0 aromatic heterocycles. The molecule has 1 aromatic carbocycles. The van der Waals surface area contributed by atoms with Gasteiger partial charge in [-0.15, -0.1) is 0 Å². The maximum absolute atomic E-state index is 13.0. The monoisotopic (exact) mass is 467 g/mol. The lowest BCUT2D eigenvalue weighted by Crippen LogP contribution is -2.49. The fraction of sp³-hybridized carbons (Fsp3) is 0.545. The number of phenolic OH excluding ortho intramolecular Hbond substituents is 1. The van der Waals surface area contributed by atoms with Crippen molar-refractivity contribution >= 4 is 23.9 Å². The minimum atomic E-state index is -1.24. The van der Waals surface area contributed by atoms with E-state index in [4.69, 9.17) is 9.47 Å². The van der Waals surface area contributed by atoms with Crippen LogP contribution in [0, 0.1) is 0 Å². The van der Waals surface area contributed by atoms with Crippen LogP contribution in [0.2, 0.25) is 0 Å². The molecule has 0 bridgehead atoms. The van der Waals surface area contributed by atoms with Gasteiger partial charge in [-0.25, -0.2) is 4.79 Å². The summed E-state index contributed by atoms with van der Waals surface area (Å²) in [5, 5.41) is 24.3. The van der Waals surface area contributed by atoms with Crippen molar-refractivity contribution in [2.45, 2.75) is 45.8 Å². The molecule has 1 aromatic rings. The maximum atomic E-state index is 13.0. The van der Waals surface area contributed by atoms with E-state index in [1.54, 1.807) is 27.7 Å². The van der Waals surface area contributed by atoms with Crippen LogP contribution in [-0.4, -0.2) is 77.4 Å². The zero-order chi connectivity index (χ0) is 25.0. The van der Waals surface area contributed by atoms with Gasteiger partial charge in [-0.3, -0.25) is 14.4 Å². The Balaban J connectivity index is 3.05. The third kappa shape index (κ3) is 10.2. The fourth-order valence-corrected chi connectivity index (χ4v) is 2.85. The predicted octanol–water partition coefficient (Wildman–Crippen LogP) is 0.848. The lowest BCUT2D eigenvalue weighted by atomic mass is 10.0. The summed E-state index contributed by atoms with van der Waals surface area (Å²) in [5.74, 6) is -1.91. The predicted molar refractivity (Wildman–Crippen MR) is 118 cm³/mol. The Bertz CT molecular complexity index is 822. The normalized spacial score (nSPS) is 11.8. The highest BCUT2D eigenvalue weighted by atomic mass is 16.6. The first-order chi connectivity index (χ1) is 15.5. The zero-order valence-electron chi connectivity index (χ0n) is 19.4. The number of carbonyl (C=O) groups excluding carboxylic acids is 4. The summed E-state index contributed by atoms with van der Waals surface area (Å²) in [6.45, 7) is 5.69. The molecule has 0 saturated carbocycles. The second-order valence-corrected chi connectivity index (χ2v) is 8.01. The lowest BCUT2D eigenvalue weighted by molar-refractivity contribution is -0.143. The molecule has 3 amide bonds. The first-order valence-corrected chi connectivity index (χ1v) is 10.6. The molecule has 0 aliphatic carbocycles. The van der Waals surface area contributed by atoms with Gasteiger partial charge in [0.25, 0.3) is 0 Å². The van der Waals surface area contributed by atoms with E-state index in [0.29, 0.717) is 0 Å². The van der Waals surface area contributed by atoms with Crippen LogP contribution in [0.5, 0.6) is 5.75 Å². The van der Waals surface area contributed by atoms with Crippen molar-refractivity contribution in [3.63, 3.8) is 0 Å². The van der Waals surface area contributed by atoms with Gasteiger partial charge in [-0.05, 0) is 45.4 Å². The minimum Gasteiger partial charge on any atom is -0.508 e. The molecule has 0 aliphatic heterocycles. The Morgan fingerprint density at radius 2 is 1.85 bits per heavy atom. The van der Waals surface area contributed by atoms with Gasteiger partial charge in [0.2, 0.25) is 11.8 Å². The number of nitrogens with zero attached hydrogens (tertiary/aromatic N) is 1. The summed E-state index contributed by atoms with van der Waals surface area (Å²) < 4.78 is 9.93. The van der Waals surface area contributed by atoms with Gasteiger partial charge in [-0.2, -0.15) is 0 Å². The largest absolute Gasteiger partial charge is 0.508 e. The molecule has 1 rings (SSSR count). The molecule has 0 heterocycles. The van der Waals surface area contributed by atoms with Crippen molar-refractivity contribution in [2.24, 2.45) is 0 Å². The van der Waals surface area contributed by atoms with Gasteiger partial charge < -0.3 is 35.2 Å². The standard InChI is InChI=1S/C22H33N3O8/c1-5-32-18(29)9-10-23-20(30)19(15-7-6-8-16(27)13-15)25(11-12-26)17(28)14-24-21(31)33-22(2,3)4/h6-8,13,19,26-27H,5,9-12,14H2,1-4H3,(H,23,30)(H,24,31). The quantitative estimate of drug-likeness (QED) is 0.349. The Labute approximate surface area is 193 Å². The molecule has 1 unspecified atom stereocenters. The van der Waals surface area contributed by atoms with E-state index < -0.39 is 48.7 Å². The lowest BCUT2D eigenvalue weighted by Gasteiger charge is -2.31. The van der Waals surface area contributed by atoms with Gasteiger partial charge in [0, 0.05) is 13.1 Å². The number of phenols is 1. The summed E-state index contributed by atoms with van der Waals surface area (Å²) in [4.78, 5) is 50.4. The van der Waals surface area contributed by atoms with Crippen molar-refractivity contribution < 1.29 is 38.9 Å². The molecule has 0 fully saturated rings. The van der Waals surface area contributed by atoms with E-state index in [1.807, 2.05) is 0 Å². The number of esters is 1. The van der Waals surface area contributed by atoms with E-state index >= 15 is 0 Å². The molecule has 33 heavy (non-hydrogen) atoms. The molecule has 0 spiro atoms. The highest BCUT2D eigenvalue weighted by Gasteiger charge is 2.31. The molecule has 0 aliphatic rings. The molecule has 4 N–H and O–H groups in total. The van der Waals surface area contributed by atoms with Crippen molar-refractivity contribution in [2.75, 3.05) is 32.8 Å². The van der Waals surface area contributed by atoms with Gasteiger partial charge in [-0.1, -0.05) is 12.1 Å². The number of carbonyl (C=O) groups is 4. The summed E-state index contributed by atoms with van der Waals surface area (Å²) in [5.41, 5.74) is -0.483. The molecule has 1 atom stereocenters. The average molecular weight is 468 g/mol. The Morgan fingerprint density at radius 1 is 1.15 bits per heavy atom. The highest BCUT2D eigenvalue weighted by Crippen LogP contribution is 2.24. The number of benzene rings is 1. The second-order valence-electron chi connectivity index (χ2n) is 8.01. The molecular formula is C22H33N3O8. The molecular weight excluding hydrogens is 434 g/mol. The van der Waals surface area contributed by atoms with E-state index in [-0.39, 0.29) is 37.4 Å². The van der Waals surface area contributed by atoms with Gasteiger partial charge in [0.05, 0.1) is 19.6 Å². The number of alkyl carbamates (subject to hydrolysis) is 1. The van der Waals surface area contributed by atoms with Crippen LogP contribution in [0.25, 0.3) is 0 Å². The number of hydrogen-bond donors (Lipinski definition) is 4. The van der Waals surface area contributed by atoms with Crippen LogP contribution >= 0.6 is 0 Å². The van der Waals surface area contributed by atoms with Crippen LogP contribution in [-0.2, 0) is 23.9 Å². The van der Waals surface area contributed by atoms with Crippen LogP contribution in [0.15, 0.2) is 24.3 Å². The third-order valence-electron chi connectivity index (χ3n) is 4.12. The summed E-state index contributed by atoms with van der Waals surface area (Å²) >= 11 is 0. The number of amides is 3. The number of rotatable bonds is 11. The van der Waals surface area contributed by atoms with Crippen molar-refractivity contribution in [1.82, 2.24) is 15.5 Å². The van der Waals surface area contributed by atoms with E-state index in [9.17, 15) is 29.4 Å². The Morgan fingerprint density at radius 3 is 2.42 bits per heavy atom. The second kappa shape index (κ2) is 13.3. The maximum Gasteiger partial charge on any atom is 0.408 e. The Hall–Kier alpha value is -3.34. The molecule has 11 heteroatoms. The third-order valence-corrected chi connectivity index (χ3v) is 4.12. The Kier molecular flexibility index (Phi) is 11.1. The molecule has 11 nitrogen and oxygen atoms in total. The first-order valence-electron chi connectivity index (χ1n) is 10.6. The van der Waals surface area contributed by atoms with Crippen LogP contribution in [0.1, 0.15) is 45.7 Å². The van der Waals surface area contributed by atoms with Gasteiger partial charge in [0.1, 0.15) is 23.9 Å². The minimum absolute atomic E-state index is 0.0374. The SMILES string of the molecule is CCOC(=O)CCNC(=O)C(c1cccc(O)c1)N(CCO)C(=O)CNC(=O)OC(C)(C)C. The first kappa shape index (κ1) is 27.7. The van der Waals surface area contributed by atoms with Gasteiger partial charge >= 0.3 is 12.1 Å². The van der Waals surface area contributed by atoms with Crippen molar-refractivity contribution in [3.8, 4) is 5.75 Å². The molecule has 184 valence electrons. The number of aromatic hydroxyl groups is 1. The highest BCUT2D eigenvalue weighted by molar-refractivity contribution is 5.90. The topological polar surface area (TPSA) is 154 Å². The smallest absolute Gasteiger partial charge is 0.408 e. The molecule has 0 saturated heterocycles. The van der Waals surface area contributed by atoms with E-state index in [2.05, 4.69) is 10.6 Å². The number of hydrogen-bond acceptors (Lipinski definition) is 8. The average Bonchev–Trinajstić information content (AvgIpc) is 2.70. The zero-order valence-corrected chi connectivity index (χ0v) is 19.4. The fourth-order valence-electron chi connectivity index (χ4n) is 2.85. The molecule has 0 radical (unpaired) electrons. The van der Waals surface area contributed by atoms with E-state index in [1.165, 1.54) is 24.3 Å². The number of nitrogens with one attached hydrogen (secondary N) is 2. The summed E-state index contributed by atoms with van der Waals surface area (Å²) in [7, 11) is 0. The summed E-state index contributed by atoms with van der Waals surface area (Å²) in [6, 6.07) is 4.52. The van der Waals surface area contributed by atoms with E-state index in [0.717, 1.165) is 4.90 Å².